The Morgan fingerprint density at radius 1 is 0.439 bits per heavy atom. The van der Waals surface area contributed by atoms with E-state index in [1.165, 1.54) is 5.92 Å². The van der Waals surface area contributed by atoms with Gasteiger partial charge in [-0.25, -0.2) is 9.59 Å². The molecule has 1 amide bonds. The van der Waals surface area contributed by atoms with E-state index in [0.717, 1.165) is 35.1 Å². The molecule has 2 aromatic carbocycles. The summed E-state index contributed by atoms with van der Waals surface area (Å²) in [7, 11) is 0. The van der Waals surface area contributed by atoms with Crippen LogP contribution in [0.15, 0.2) is 48.5 Å². The van der Waals surface area contributed by atoms with Crippen LogP contribution in [-0.2, 0) is 152 Å². The standard InChI is InChI=1S/C35H55O11.C29H47NO10.C24H27NO6.C4H9.2Co/c1-5-9-11-33(36)12-10-17-38-19-21-40-23-25-42-27-28-43-26-24-41-22-20-39-18-13-34(37)29-35(30-44-14-6-2,31-45-15-7-3)32-46-16-8-4;1-4-9-38-25-29(26-39-10-5-2,27-40-11-6-3)24-28(31)7-12-32-14-16-34-18-20-36-22-23-37-21-19-35-17-15-33-13-8-30;1-24(2,3)31-22(28)20(12-13-21(26)27)25-23(29)30-14-19-17-10-6-4-8-15(17)16-9-5-7-11-18(16)19;1-4(2)3;;/h2-5H,9-32H2,1H3;1-3H,7-27,30H2;4-11,19-20H,12-14H2,1-3H3,(H,25,29)(H,26,27);1-3H3;;/q-1;;;-1;;/t;;20-;;;/m..1.../s1. The molecule has 123 heavy (non-hydrogen) atoms. The van der Waals surface area contributed by atoms with Gasteiger partial charge in [0.15, 0.2) is 0 Å². The number of terminal acetylenes is 6. The largest absolute Gasteiger partial charge is 0.481 e. The number of amides is 1. The molecule has 31 heteroatoms. The number of benzene rings is 2. The average molecular weight is 1820 g/mol. The third-order valence-corrected chi connectivity index (χ3v) is 16.2. The molecule has 0 aliphatic heterocycles. The van der Waals surface area contributed by atoms with Gasteiger partial charge < -0.3 is 123 Å². The Morgan fingerprint density at radius 2 is 0.740 bits per heavy atom. The Morgan fingerprint density at radius 3 is 1.03 bits per heavy atom. The van der Waals surface area contributed by atoms with Crippen LogP contribution < -0.4 is 11.1 Å². The van der Waals surface area contributed by atoms with Gasteiger partial charge in [-0.15, -0.1) is 38.5 Å². The molecule has 0 bridgehead atoms. The predicted octanol–water partition coefficient (Wildman–Crippen LogP) is 8.77. The number of carboxylic acid groups (broad SMARTS) is 1. The van der Waals surface area contributed by atoms with Crippen LogP contribution in [-0.4, -0.2) is 303 Å². The summed E-state index contributed by atoms with van der Waals surface area (Å²) in [6, 6.07) is 14.8. The van der Waals surface area contributed by atoms with Crippen molar-refractivity contribution in [1.82, 2.24) is 5.32 Å². The Balaban J connectivity index is -0.00000173. The summed E-state index contributed by atoms with van der Waals surface area (Å²) in [5.74, 6) is 14.2. The van der Waals surface area contributed by atoms with E-state index in [-0.39, 0.29) is 194 Å². The molecule has 0 aromatic heterocycles. The number of carbonyl (C=O) groups excluding carboxylic acids is 5. The molecule has 1 aliphatic carbocycles. The molecule has 3 rings (SSSR count). The smallest absolute Gasteiger partial charge is 0.407 e. The van der Waals surface area contributed by atoms with Gasteiger partial charge in [-0.1, -0.05) is 84.1 Å². The fraction of sp³-hybridized carbons (Fsp3) is 0.652. The zero-order valence-electron chi connectivity index (χ0n) is 73.6. The second-order valence-corrected chi connectivity index (χ2v) is 28.8. The van der Waals surface area contributed by atoms with Crippen molar-refractivity contribution in [1.29, 1.82) is 0 Å². The summed E-state index contributed by atoms with van der Waals surface area (Å²) in [5, 5.41) is 11.4. The molecule has 0 saturated heterocycles. The zero-order valence-corrected chi connectivity index (χ0v) is 75.6. The third-order valence-electron chi connectivity index (χ3n) is 16.2. The molecule has 0 heterocycles. The summed E-state index contributed by atoms with van der Waals surface area (Å²) < 4.78 is 109. The number of ketones is 3. The molecular weight excluding hydrogens is 1680 g/mol. The number of esters is 1. The predicted molar refractivity (Wildman–Crippen MR) is 459 cm³/mol. The number of fused-ring (bicyclic) bond motifs is 3. The summed E-state index contributed by atoms with van der Waals surface area (Å²) >= 11 is 0. The number of hydrogen-bond donors (Lipinski definition) is 3. The number of nitrogens with two attached hydrogens (primary N) is 1. The van der Waals surface area contributed by atoms with Crippen molar-refractivity contribution in [2.75, 3.05) is 251 Å². The van der Waals surface area contributed by atoms with E-state index in [4.69, 9.17) is 144 Å². The maximum Gasteiger partial charge on any atom is 0.407 e. The van der Waals surface area contributed by atoms with Gasteiger partial charge in [0.2, 0.25) is 0 Å². The third kappa shape index (κ3) is 70.1. The molecule has 0 spiro atoms. The maximum atomic E-state index is 12.7. The molecule has 1 aliphatic rings. The normalized spacial score (nSPS) is 11.5. The van der Waals surface area contributed by atoms with E-state index in [0.29, 0.717) is 165 Å². The van der Waals surface area contributed by atoms with Crippen LogP contribution in [0.3, 0.4) is 0 Å². The van der Waals surface area contributed by atoms with Gasteiger partial charge in [0.25, 0.3) is 0 Å². The van der Waals surface area contributed by atoms with Gasteiger partial charge in [-0.05, 0) is 62.3 Å². The van der Waals surface area contributed by atoms with Crippen LogP contribution >= 0.6 is 0 Å². The fourth-order valence-corrected chi connectivity index (χ4v) is 10.9. The van der Waals surface area contributed by atoms with E-state index < -0.39 is 40.5 Å². The number of Topliss-reactive ketones (excluding diaryl/α,β-unsaturated/α-hetero) is 3. The van der Waals surface area contributed by atoms with E-state index in [1.807, 2.05) is 61.9 Å². The van der Waals surface area contributed by atoms with Crippen molar-refractivity contribution >= 4 is 35.4 Å². The topological polar surface area (TPSA) is 345 Å². The monoisotopic (exact) mass is 1820 g/mol. The number of hydrogen-bond acceptors (Lipinski definition) is 27. The first kappa shape index (κ1) is 120. The molecule has 29 nitrogen and oxygen atoms in total. The molecule has 2 aromatic rings. The molecule has 4 N–H and O–H groups in total. The summed E-state index contributed by atoms with van der Waals surface area (Å²) in [5.41, 5.74) is 7.41. The van der Waals surface area contributed by atoms with Crippen LogP contribution in [0.2, 0.25) is 0 Å². The molecule has 1 atom stereocenters. The summed E-state index contributed by atoms with van der Waals surface area (Å²) in [6.45, 7) is 26.2. The van der Waals surface area contributed by atoms with Crippen LogP contribution in [0.4, 0.5) is 4.79 Å². The molecule has 0 saturated carbocycles. The second-order valence-electron chi connectivity index (χ2n) is 28.8. The first-order valence-corrected chi connectivity index (χ1v) is 40.9. The minimum Gasteiger partial charge on any atom is -0.481 e. The van der Waals surface area contributed by atoms with Crippen molar-refractivity contribution in [3.05, 3.63) is 72.0 Å². The van der Waals surface area contributed by atoms with E-state index in [2.05, 4.69) is 61.6 Å². The van der Waals surface area contributed by atoms with E-state index in [9.17, 15) is 28.8 Å². The second kappa shape index (κ2) is 83.5. The zero-order chi connectivity index (χ0) is 89.4. The molecule has 0 unspecified atom stereocenters. The Labute approximate surface area is 753 Å². The van der Waals surface area contributed by atoms with Crippen molar-refractivity contribution in [3.8, 4) is 85.2 Å². The van der Waals surface area contributed by atoms with Crippen molar-refractivity contribution in [2.24, 2.45) is 16.6 Å². The van der Waals surface area contributed by atoms with Gasteiger partial charge in [0, 0.05) is 102 Å². The maximum absolute atomic E-state index is 12.7. The number of nitrogens with one attached hydrogen (secondary N) is 1. The van der Waals surface area contributed by atoms with Crippen LogP contribution in [0, 0.1) is 97.2 Å². The molecule has 698 valence electrons. The molecule has 2 radical (unpaired) electrons. The first-order valence-electron chi connectivity index (χ1n) is 40.9. The first-order chi connectivity index (χ1) is 58.6. The Bertz CT molecular complexity index is 3130. The van der Waals surface area contributed by atoms with Crippen molar-refractivity contribution in [2.45, 2.75) is 130 Å². The number of aliphatic carboxylic acids is 1. The van der Waals surface area contributed by atoms with Gasteiger partial charge in [-0.2, -0.15) is 34.1 Å². The number of carbonyl (C=O) groups is 6. The minimum atomic E-state index is -1.11. The van der Waals surface area contributed by atoms with Crippen LogP contribution in [0.25, 0.3) is 11.1 Å². The van der Waals surface area contributed by atoms with Crippen LogP contribution in [0.1, 0.15) is 130 Å². The number of alkyl carbamates (subject to hydrolysis) is 1. The van der Waals surface area contributed by atoms with E-state index >= 15 is 0 Å². The number of carboxylic acids is 1. The van der Waals surface area contributed by atoms with Crippen molar-refractivity contribution in [3.63, 3.8) is 0 Å². The van der Waals surface area contributed by atoms with Crippen LogP contribution in [0.5, 0.6) is 0 Å². The Hall–Kier alpha value is -6.73. The quantitative estimate of drug-likeness (QED) is 0.0241. The number of unbranched alkanes of at least 4 members (excludes halogenated alkanes) is 1. The summed E-state index contributed by atoms with van der Waals surface area (Å²) in [6.07, 6.45) is 36.1. The van der Waals surface area contributed by atoms with E-state index in [1.54, 1.807) is 20.8 Å². The van der Waals surface area contributed by atoms with Gasteiger partial charge >= 0.3 is 18.0 Å². The average Bonchev–Trinajstić information content (AvgIpc) is 1.62. The SMILES string of the molecule is C#CCOCC(COCC#C)(COCC#C)CC(=O)CCOCCOCCOCCOCCOCCOCCCC(=O)CC[CH-]C.C#CCOCC(COCC#C)(COCC#C)CC(=O)CCOCCOCCOCCOCCOCCOCCN.CC(C)(C)OC(=O)[C@@H](CCC(=O)O)NC(=O)OCC1c2ccccc2-c2ccccc21.C[C-](C)C.[Co].[Co]. The fourth-order valence-electron chi connectivity index (χ4n) is 10.9. The molecule has 0 fully saturated rings. The molecular formula is C92H138Co2N2O27-2. The van der Waals surface area contributed by atoms with Gasteiger partial charge in [-0.3, -0.25) is 19.2 Å². The summed E-state index contributed by atoms with van der Waals surface area (Å²) in [4.78, 5) is 72.8. The van der Waals surface area contributed by atoms with Gasteiger partial charge in [0.05, 0.1) is 192 Å². The number of rotatable bonds is 74. The van der Waals surface area contributed by atoms with Gasteiger partial charge in [0.1, 0.15) is 75.2 Å². The minimum absolute atomic E-state index is 0. The number of ether oxygens (including phenoxy) is 20. The Kier molecular flexibility index (Phi) is 81.7. The van der Waals surface area contributed by atoms with Crippen molar-refractivity contribution < 1.29 is 162 Å².